The second-order valence-corrected chi connectivity index (χ2v) is 11.0. The van der Waals surface area contributed by atoms with Gasteiger partial charge in [0.2, 0.25) is 0 Å². The van der Waals surface area contributed by atoms with Gasteiger partial charge in [0.25, 0.3) is 0 Å². The first-order valence-corrected chi connectivity index (χ1v) is 16.1. The highest BCUT2D eigenvalue weighted by molar-refractivity contribution is 5.81. The van der Waals surface area contributed by atoms with E-state index in [-0.39, 0.29) is 26.4 Å². The molecule has 0 saturated carbocycles. The number of ether oxygens (including phenoxy) is 6. The van der Waals surface area contributed by atoms with E-state index in [1.807, 2.05) is 109 Å². The highest BCUT2D eigenvalue weighted by atomic mass is 16.6. The van der Waals surface area contributed by atoms with E-state index in [0.717, 1.165) is 34.4 Å². The third-order valence-electron chi connectivity index (χ3n) is 7.37. The summed E-state index contributed by atoms with van der Waals surface area (Å²) in [4.78, 5) is 24.1. The number of carbonyl (C=O) groups excluding carboxylic acids is 2. The standard InChI is InChI=1S/C42H38O8/c1-3-41(43)49-39(27-45-35-22-18-33(19-23-35)31-12-7-5-8-13-31)29-47-37-16-11-17-38(26-37)48-30-40(50-42(44)4-2)28-46-36-24-20-34(21-25-36)32-14-9-6-10-15-32/h3-26,39-40H,1-2,27-30H2. The smallest absolute Gasteiger partial charge is 0.330 e. The maximum absolute atomic E-state index is 12.0. The van der Waals surface area contributed by atoms with Crippen molar-refractivity contribution in [2.75, 3.05) is 26.4 Å². The van der Waals surface area contributed by atoms with Crippen LogP contribution in [0.25, 0.3) is 22.3 Å². The summed E-state index contributed by atoms with van der Waals surface area (Å²) in [5.41, 5.74) is 4.32. The molecule has 0 aliphatic rings. The zero-order valence-electron chi connectivity index (χ0n) is 27.5. The monoisotopic (exact) mass is 670 g/mol. The minimum absolute atomic E-state index is 0.0155. The molecular weight excluding hydrogens is 632 g/mol. The van der Waals surface area contributed by atoms with Crippen LogP contribution < -0.4 is 18.9 Å². The fourth-order valence-electron chi connectivity index (χ4n) is 4.82. The number of rotatable bonds is 18. The van der Waals surface area contributed by atoms with E-state index in [1.165, 1.54) is 0 Å². The summed E-state index contributed by atoms with van der Waals surface area (Å²) >= 11 is 0. The lowest BCUT2D eigenvalue weighted by Crippen LogP contribution is -2.31. The highest BCUT2D eigenvalue weighted by Gasteiger charge is 2.18. The number of carbonyl (C=O) groups is 2. The Hall–Kier alpha value is -6.28. The zero-order valence-corrected chi connectivity index (χ0v) is 27.5. The van der Waals surface area contributed by atoms with Crippen molar-refractivity contribution >= 4 is 11.9 Å². The van der Waals surface area contributed by atoms with Crippen LogP contribution >= 0.6 is 0 Å². The zero-order chi connectivity index (χ0) is 35.0. The molecule has 8 nitrogen and oxygen atoms in total. The lowest BCUT2D eigenvalue weighted by molar-refractivity contribution is -0.146. The lowest BCUT2D eigenvalue weighted by Gasteiger charge is -2.20. The molecule has 0 bridgehead atoms. The van der Waals surface area contributed by atoms with Crippen molar-refractivity contribution in [3.05, 3.63) is 159 Å². The normalized spacial score (nSPS) is 11.7. The van der Waals surface area contributed by atoms with Crippen molar-refractivity contribution in [3.63, 3.8) is 0 Å². The number of hydrogen-bond donors (Lipinski definition) is 0. The van der Waals surface area contributed by atoms with Crippen LogP contribution in [0.5, 0.6) is 23.0 Å². The van der Waals surface area contributed by atoms with Crippen molar-refractivity contribution in [2.45, 2.75) is 12.2 Å². The molecule has 0 spiro atoms. The molecule has 0 fully saturated rings. The molecule has 0 radical (unpaired) electrons. The molecule has 0 saturated heterocycles. The Balaban J connectivity index is 1.14. The summed E-state index contributed by atoms with van der Waals surface area (Å²) < 4.78 is 34.7. The van der Waals surface area contributed by atoms with E-state index >= 15 is 0 Å². The van der Waals surface area contributed by atoms with Crippen molar-refractivity contribution in [1.82, 2.24) is 0 Å². The summed E-state index contributed by atoms with van der Waals surface area (Å²) in [6.45, 7) is 7.12. The van der Waals surface area contributed by atoms with Gasteiger partial charge in [0.15, 0.2) is 12.2 Å². The minimum atomic E-state index is -0.722. The second-order valence-electron chi connectivity index (χ2n) is 11.0. The van der Waals surface area contributed by atoms with Crippen LogP contribution in [0.3, 0.4) is 0 Å². The highest BCUT2D eigenvalue weighted by Crippen LogP contribution is 2.25. The van der Waals surface area contributed by atoms with Gasteiger partial charge in [0.1, 0.15) is 49.4 Å². The minimum Gasteiger partial charge on any atom is -0.490 e. The Labute approximate surface area is 292 Å². The first kappa shape index (κ1) is 35.0. The van der Waals surface area contributed by atoms with Crippen LogP contribution in [-0.4, -0.2) is 50.6 Å². The predicted octanol–water partition coefficient (Wildman–Crippen LogP) is 8.13. The van der Waals surface area contributed by atoms with Crippen molar-refractivity contribution in [1.29, 1.82) is 0 Å². The van der Waals surface area contributed by atoms with Gasteiger partial charge in [-0.2, -0.15) is 0 Å². The van der Waals surface area contributed by atoms with Gasteiger partial charge >= 0.3 is 11.9 Å². The van der Waals surface area contributed by atoms with Gasteiger partial charge in [0.05, 0.1) is 0 Å². The lowest BCUT2D eigenvalue weighted by atomic mass is 10.1. The third-order valence-corrected chi connectivity index (χ3v) is 7.37. The maximum atomic E-state index is 12.0. The number of benzene rings is 5. The van der Waals surface area contributed by atoms with Gasteiger partial charge in [-0.25, -0.2) is 9.59 Å². The van der Waals surface area contributed by atoms with Crippen LogP contribution in [0.15, 0.2) is 159 Å². The van der Waals surface area contributed by atoms with E-state index in [0.29, 0.717) is 23.0 Å². The number of esters is 2. The molecule has 0 aliphatic carbocycles. The molecule has 5 rings (SSSR count). The fraction of sp³-hybridized carbons (Fsp3) is 0.143. The summed E-state index contributed by atoms with van der Waals surface area (Å²) in [6.07, 6.45) is 0.741. The first-order chi connectivity index (χ1) is 24.5. The van der Waals surface area contributed by atoms with Gasteiger partial charge in [-0.15, -0.1) is 0 Å². The molecule has 50 heavy (non-hydrogen) atoms. The summed E-state index contributed by atoms with van der Waals surface area (Å²) in [5, 5.41) is 0. The van der Waals surface area contributed by atoms with Crippen LogP contribution in [-0.2, 0) is 19.1 Å². The first-order valence-electron chi connectivity index (χ1n) is 16.1. The SMILES string of the molecule is C=CC(=O)OC(COc1ccc(-c2ccccc2)cc1)COc1cccc(OCC(COc2ccc(-c3ccccc3)cc2)OC(=O)C=C)c1. The molecule has 2 unspecified atom stereocenters. The molecule has 2 atom stereocenters. The van der Waals surface area contributed by atoms with Crippen molar-refractivity contribution < 1.29 is 38.0 Å². The Morgan fingerprint density at radius 1 is 0.440 bits per heavy atom. The average molecular weight is 671 g/mol. The van der Waals surface area contributed by atoms with E-state index in [4.69, 9.17) is 28.4 Å². The Kier molecular flexibility index (Phi) is 12.8. The van der Waals surface area contributed by atoms with Crippen LogP contribution in [0.4, 0.5) is 0 Å². The summed E-state index contributed by atoms with van der Waals surface area (Å²) in [7, 11) is 0. The van der Waals surface area contributed by atoms with Gasteiger partial charge in [-0.1, -0.05) is 104 Å². The molecule has 5 aromatic carbocycles. The second kappa shape index (κ2) is 18.3. The fourth-order valence-corrected chi connectivity index (χ4v) is 4.82. The van der Waals surface area contributed by atoms with Crippen LogP contribution in [0, 0.1) is 0 Å². The van der Waals surface area contributed by atoms with E-state index < -0.39 is 24.1 Å². The summed E-state index contributed by atoms with van der Waals surface area (Å²) in [5.74, 6) is 1.02. The molecule has 0 aromatic heterocycles. The molecule has 8 heteroatoms. The molecule has 254 valence electrons. The Bertz CT molecular complexity index is 1690. The van der Waals surface area contributed by atoms with E-state index in [1.54, 1.807) is 24.3 Å². The van der Waals surface area contributed by atoms with Gasteiger partial charge < -0.3 is 28.4 Å². The molecular formula is C42H38O8. The predicted molar refractivity (Wildman–Crippen MR) is 192 cm³/mol. The quantitative estimate of drug-likeness (QED) is 0.0682. The maximum Gasteiger partial charge on any atom is 0.330 e. The summed E-state index contributed by atoms with van der Waals surface area (Å²) in [6, 6.07) is 42.3. The molecule has 0 aliphatic heterocycles. The molecule has 0 N–H and O–H groups in total. The third kappa shape index (κ3) is 10.9. The Morgan fingerprint density at radius 3 is 1.14 bits per heavy atom. The van der Waals surface area contributed by atoms with Crippen LogP contribution in [0.1, 0.15) is 0 Å². The largest absolute Gasteiger partial charge is 0.490 e. The topological polar surface area (TPSA) is 89.5 Å². The molecule has 0 heterocycles. The van der Waals surface area contributed by atoms with Gasteiger partial charge in [-0.3, -0.25) is 0 Å². The average Bonchev–Trinajstić information content (AvgIpc) is 3.18. The molecule has 5 aromatic rings. The van der Waals surface area contributed by atoms with E-state index in [9.17, 15) is 9.59 Å². The van der Waals surface area contributed by atoms with Gasteiger partial charge in [0, 0.05) is 18.2 Å². The Morgan fingerprint density at radius 2 is 0.780 bits per heavy atom. The van der Waals surface area contributed by atoms with Crippen molar-refractivity contribution in [2.24, 2.45) is 0 Å². The number of hydrogen-bond acceptors (Lipinski definition) is 8. The van der Waals surface area contributed by atoms with Gasteiger partial charge in [-0.05, 0) is 58.7 Å². The molecule has 0 amide bonds. The van der Waals surface area contributed by atoms with Crippen molar-refractivity contribution in [3.8, 4) is 45.3 Å². The van der Waals surface area contributed by atoms with E-state index in [2.05, 4.69) is 13.2 Å². The van der Waals surface area contributed by atoms with Crippen LogP contribution in [0.2, 0.25) is 0 Å².